The maximum atomic E-state index is 11.1. The van der Waals surface area contributed by atoms with Gasteiger partial charge in [-0.15, -0.1) is 0 Å². The molecule has 0 aromatic carbocycles. The number of hydrogen-bond acceptors (Lipinski definition) is 5. The van der Waals surface area contributed by atoms with Gasteiger partial charge in [0.1, 0.15) is 0 Å². The molecule has 0 heterocycles. The molecule has 0 atom stereocenters. The van der Waals surface area contributed by atoms with Crippen LogP contribution in [-0.4, -0.2) is 30.3 Å². The zero-order valence-corrected chi connectivity index (χ0v) is 8.28. The van der Waals surface area contributed by atoms with Crippen LogP contribution in [0.15, 0.2) is 11.8 Å². The Kier molecular flexibility index (Phi) is 6.19. The molecule has 14 heavy (non-hydrogen) atoms. The molecule has 0 fully saturated rings. The van der Waals surface area contributed by atoms with Gasteiger partial charge in [0, 0.05) is 0 Å². The highest BCUT2D eigenvalue weighted by Crippen LogP contribution is 2.04. The number of rotatable bonds is 5. The standard InChI is InChI=1S/C9H14O5/c1-3-13-8(11)5-7(6-10)9(12)14-4-2/h6,10H,3-5H2,1-2H3/b7-6+. The third kappa shape index (κ3) is 4.49. The van der Waals surface area contributed by atoms with Crippen LogP contribution < -0.4 is 0 Å². The van der Waals surface area contributed by atoms with E-state index in [1.807, 2.05) is 0 Å². The van der Waals surface area contributed by atoms with E-state index in [-0.39, 0.29) is 25.2 Å². The SMILES string of the molecule is CCOC(=O)C/C(=C\O)C(=O)OCC. The Hall–Kier alpha value is -1.52. The van der Waals surface area contributed by atoms with Gasteiger partial charge in [-0.2, -0.15) is 0 Å². The Bertz CT molecular complexity index is 231. The number of ether oxygens (including phenoxy) is 2. The van der Waals surface area contributed by atoms with Crippen LogP contribution in [0.25, 0.3) is 0 Å². The fourth-order valence-electron chi connectivity index (χ4n) is 0.762. The molecule has 0 aliphatic rings. The highest BCUT2D eigenvalue weighted by atomic mass is 16.5. The largest absolute Gasteiger partial charge is 0.515 e. The first kappa shape index (κ1) is 12.5. The van der Waals surface area contributed by atoms with Gasteiger partial charge in [0.05, 0.1) is 31.5 Å². The fraction of sp³-hybridized carbons (Fsp3) is 0.556. The van der Waals surface area contributed by atoms with E-state index < -0.39 is 11.9 Å². The first-order valence-corrected chi connectivity index (χ1v) is 4.31. The summed E-state index contributed by atoms with van der Waals surface area (Å²) in [4.78, 5) is 22.0. The van der Waals surface area contributed by atoms with Crippen LogP contribution in [0.1, 0.15) is 20.3 Å². The van der Waals surface area contributed by atoms with Gasteiger partial charge in [-0.3, -0.25) is 4.79 Å². The van der Waals surface area contributed by atoms with Crippen LogP contribution in [0.4, 0.5) is 0 Å². The average molecular weight is 202 g/mol. The lowest BCUT2D eigenvalue weighted by molar-refractivity contribution is -0.145. The molecule has 80 valence electrons. The maximum Gasteiger partial charge on any atom is 0.337 e. The summed E-state index contributed by atoms with van der Waals surface area (Å²) >= 11 is 0. The molecule has 0 bridgehead atoms. The molecular weight excluding hydrogens is 188 g/mol. The quantitative estimate of drug-likeness (QED) is 0.408. The number of esters is 2. The molecule has 1 N–H and O–H groups in total. The van der Waals surface area contributed by atoms with Crippen molar-refractivity contribution in [2.45, 2.75) is 20.3 Å². The van der Waals surface area contributed by atoms with Crippen LogP contribution in [0.5, 0.6) is 0 Å². The second-order valence-electron chi connectivity index (χ2n) is 2.36. The Morgan fingerprint density at radius 3 is 2.21 bits per heavy atom. The Labute approximate surface area is 82.3 Å². The third-order valence-electron chi connectivity index (χ3n) is 1.33. The van der Waals surface area contributed by atoms with Gasteiger partial charge >= 0.3 is 11.9 Å². The minimum Gasteiger partial charge on any atom is -0.515 e. The van der Waals surface area contributed by atoms with Crippen LogP contribution >= 0.6 is 0 Å². The molecule has 0 spiro atoms. The molecule has 0 aromatic rings. The number of hydrogen-bond donors (Lipinski definition) is 1. The summed E-state index contributed by atoms with van der Waals surface area (Å²) in [6, 6.07) is 0. The predicted molar refractivity (Wildman–Crippen MR) is 48.6 cm³/mol. The molecule has 0 radical (unpaired) electrons. The smallest absolute Gasteiger partial charge is 0.337 e. The molecule has 0 amide bonds. The fourth-order valence-corrected chi connectivity index (χ4v) is 0.762. The van der Waals surface area contributed by atoms with Crippen molar-refractivity contribution in [1.82, 2.24) is 0 Å². The van der Waals surface area contributed by atoms with E-state index in [0.717, 1.165) is 0 Å². The van der Waals surface area contributed by atoms with Gasteiger partial charge in [-0.25, -0.2) is 4.79 Å². The van der Waals surface area contributed by atoms with E-state index in [2.05, 4.69) is 9.47 Å². The van der Waals surface area contributed by atoms with E-state index in [4.69, 9.17) is 5.11 Å². The summed E-state index contributed by atoms with van der Waals surface area (Å²) in [6.45, 7) is 3.72. The van der Waals surface area contributed by atoms with Crippen molar-refractivity contribution in [1.29, 1.82) is 0 Å². The number of aliphatic hydroxyl groups is 1. The zero-order valence-electron chi connectivity index (χ0n) is 8.28. The molecule has 0 unspecified atom stereocenters. The number of aliphatic hydroxyl groups excluding tert-OH is 1. The zero-order chi connectivity index (χ0) is 11.0. The van der Waals surface area contributed by atoms with Crippen molar-refractivity contribution in [3.63, 3.8) is 0 Å². The molecule has 0 aromatic heterocycles. The van der Waals surface area contributed by atoms with Gasteiger partial charge in [-0.1, -0.05) is 0 Å². The molecule has 5 heteroatoms. The minimum atomic E-state index is -0.706. The van der Waals surface area contributed by atoms with Crippen molar-refractivity contribution in [3.8, 4) is 0 Å². The molecular formula is C9H14O5. The topological polar surface area (TPSA) is 72.8 Å². The summed E-state index contributed by atoms with van der Waals surface area (Å²) in [5.41, 5.74) is -0.106. The third-order valence-corrected chi connectivity index (χ3v) is 1.33. The molecule has 0 aliphatic heterocycles. The normalized spacial score (nSPS) is 10.9. The lowest BCUT2D eigenvalue weighted by Gasteiger charge is -2.04. The van der Waals surface area contributed by atoms with E-state index in [9.17, 15) is 9.59 Å². The first-order valence-electron chi connectivity index (χ1n) is 4.31. The predicted octanol–water partition coefficient (Wildman–Crippen LogP) is 0.945. The molecule has 0 saturated heterocycles. The second kappa shape index (κ2) is 6.94. The Balaban J connectivity index is 4.17. The molecule has 0 saturated carbocycles. The van der Waals surface area contributed by atoms with Gasteiger partial charge in [-0.05, 0) is 13.8 Å². The van der Waals surface area contributed by atoms with Crippen LogP contribution in [0.2, 0.25) is 0 Å². The summed E-state index contributed by atoms with van der Waals surface area (Å²) < 4.78 is 9.20. The van der Waals surface area contributed by atoms with Crippen LogP contribution in [0.3, 0.4) is 0 Å². The van der Waals surface area contributed by atoms with Gasteiger partial charge in [0.25, 0.3) is 0 Å². The minimum absolute atomic E-state index is 0.106. The Morgan fingerprint density at radius 1 is 1.21 bits per heavy atom. The summed E-state index contributed by atoms with van der Waals surface area (Å²) in [6.07, 6.45) is 0.290. The van der Waals surface area contributed by atoms with E-state index in [0.29, 0.717) is 6.26 Å². The second-order valence-corrected chi connectivity index (χ2v) is 2.36. The number of carbonyl (C=O) groups is 2. The van der Waals surface area contributed by atoms with E-state index >= 15 is 0 Å². The highest BCUT2D eigenvalue weighted by molar-refractivity contribution is 5.93. The average Bonchev–Trinajstić information content (AvgIpc) is 2.15. The van der Waals surface area contributed by atoms with E-state index in [1.165, 1.54) is 0 Å². The van der Waals surface area contributed by atoms with Gasteiger partial charge in [0.15, 0.2) is 0 Å². The maximum absolute atomic E-state index is 11.1. The lowest BCUT2D eigenvalue weighted by Crippen LogP contribution is -2.13. The molecule has 5 nitrogen and oxygen atoms in total. The van der Waals surface area contributed by atoms with Gasteiger partial charge < -0.3 is 14.6 Å². The molecule has 0 rings (SSSR count). The first-order chi connectivity index (χ1) is 6.65. The van der Waals surface area contributed by atoms with Gasteiger partial charge in [0.2, 0.25) is 0 Å². The Morgan fingerprint density at radius 2 is 1.79 bits per heavy atom. The van der Waals surface area contributed by atoms with Crippen LogP contribution in [0, 0.1) is 0 Å². The number of carbonyl (C=O) groups excluding carboxylic acids is 2. The van der Waals surface area contributed by atoms with E-state index in [1.54, 1.807) is 13.8 Å². The van der Waals surface area contributed by atoms with Crippen molar-refractivity contribution in [2.75, 3.05) is 13.2 Å². The summed E-state index contributed by atoms with van der Waals surface area (Å²) in [7, 11) is 0. The summed E-state index contributed by atoms with van der Waals surface area (Å²) in [5.74, 6) is -1.27. The van der Waals surface area contributed by atoms with Crippen molar-refractivity contribution in [2.24, 2.45) is 0 Å². The highest BCUT2D eigenvalue weighted by Gasteiger charge is 2.15. The lowest BCUT2D eigenvalue weighted by atomic mass is 10.2. The van der Waals surface area contributed by atoms with Crippen molar-refractivity contribution < 1.29 is 24.2 Å². The van der Waals surface area contributed by atoms with Crippen molar-refractivity contribution in [3.05, 3.63) is 11.8 Å². The van der Waals surface area contributed by atoms with Crippen LogP contribution in [-0.2, 0) is 19.1 Å². The summed E-state index contributed by atoms with van der Waals surface area (Å²) in [5, 5.41) is 8.67. The monoisotopic (exact) mass is 202 g/mol. The molecule has 0 aliphatic carbocycles. The van der Waals surface area contributed by atoms with Crippen molar-refractivity contribution >= 4 is 11.9 Å².